The molecule has 0 saturated carbocycles. The highest BCUT2D eigenvalue weighted by molar-refractivity contribution is 6.30. The molecule has 0 amide bonds. The lowest BCUT2D eigenvalue weighted by Crippen LogP contribution is -2.19. The fraction of sp³-hybridized carbons (Fsp3) is 0.308. The number of hydrogen-bond donors (Lipinski definition) is 1. The molecule has 0 aliphatic carbocycles. The average Bonchev–Trinajstić information content (AvgIpc) is 2.77. The molecule has 2 rings (SSSR count). The summed E-state index contributed by atoms with van der Waals surface area (Å²) >= 11 is 5.80. The normalized spacial score (nSPS) is 12.3. The molecule has 0 radical (unpaired) electrons. The number of aliphatic carboxylic acids is 1. The second kappa shape index (κ2) is 5.84. The van der Waals surface area contributed by atoms with E-state index < -0.39 is 11.9 Å². The molecule has 0 spiro atoms. The van der Waals surface area contributed by atoms with Crippen LogP contribution in [0.25, 0.3) is 0 Å². The molecule has 1 N–H and O–H groups in total. The molecule has 2 aromatic rings. The number of aromatic nitrogens is 2. The molecule has 0 saturated heterocycles. The van der Waals surface area contributed by atoms with Crippen molar-refractivity contribution in [3.05, 3.63) is 46.2 Å². The van der Waals surface area contributed by atoms with Gasteiger partial charge in [-0.1, -0.05) is 34.0 Å². The van der Waals surface area contributed by atoms with Crippen molar-refractivity contribution in [2.75, 3.05) is 0 Å². The van der Waals surface area contributed by atoms with E-state index in [0.717, 1.165) is 5.56 Å². The van der Waals surface area contributed by atoms with Crippen LogP contribution in [0.1, 0.15) is 17.0 Å². The molecule has 19 heavy (non-hydrogen) atoms. The number of carboxylic acids is 1. The summed E-state index contributed by atoms with van der Waals surface area (Å²) in [6.07, 6.45) is 0.714. The smallest absolute Gasteiger partial charge is 0.307 e. The van der Waals surface area contributed by atoms with Crippen LogP contribution in [0.4, 0.5) is 0 Å². The van der Waals surface area contributed by atoms with E-state index in [2.05, 4.69) is 14.9 Å². The van der Waals surface area contributed by atoms with Crippen LogP contribution in [-0.4, -0.2) is 21.4 Å². The van der Waals surface area contributed by atoms with Crippen LogP contribution in [0.2, 0.25) is 5.02 Å². The third-order valence-electron chi connectivity index (χ3n) is 2.93. The van der Waals surface area contributed by atoms with Crippen molar-refractivity contribution >= 4 is 17.6 Å². The van der Waals surface area contributed by atoms with E-state index in [0.29, 0.717) is 29.3 Å². The highest BCUT2D eigenvalue weighted by Gasteiger charge is 2.21. The average molecular weight is 281 g/mol. The minimum absolute atomic E-state index is 0.299. The largest absolute Gasteiger partial charge is 0.481 e. The Morgan fingerprint density at radius 1 is 1.32 bits per heavy atom. The Hall–Kier alpha value is -1.88. The van der Waals surface area contributed by atoms with Crippen molar-refractivity contribution < 1.29 is 14.5 Å². The van der Waals surface area contributed by atoms with Crippen LogP contribution < -0.4 is 0 Å². The Balaban J connectivity index is 2.10. The third kappa shape index (κ3) is 3.54. The second-order valence-electron chi connectivity index (χ2n) is 4.37. The first kappa shape index (κ1) is 13.5. The van der Waals surface area contributed by atoms with E-state index in [1.807, 2.05) is 12.1 Å². The van der Waals surface area contributed by atoms with Gasteiger partial charge in [-0.3, -0.25) is 4.79 Å². The number of carboxylic acid groups (broad SMARTS) is 1. The zero-order valence-corrected chi connectivity index (χ0v) is 11.1. The summed E-state index contributed by atoms with van der Waals surface area (Å²) in [4.78, 5) is 11.3. The van der Waals surface area contributed by atoms with Gasteiger partial charge in [-0.05, 0) is 31.0 Å². The number of nitrogens with zero attached hydrogens (tertiary/aromatic N) is 2. The highest BCUT2D eigenvalue weighted by atomic mass is 35.5. The standard InChI is InChI=1S/C13H13ClN2O3/c1-8-12(16-19-15-8)7-10(13(17)18)6-9-2-4-11(14)5-3-9/h2-5,10H,6-7H2,1H3,(H,17,18). The fourth-order valence-corrected chi connectivity index (χ4v) is 1.95. The first-order valence-corrected chi connectivity index (χ1v) is 6.19. The van der Waals surface area contributed by atoms with Crippen LogP contribution in [0.3, 0.4) is 0 Å². The Labute approximate surface area is 115 Å². The van der Waals surface area contributed by atoms with Gasteiger partial charge < -0.3 is 5.11 Å². The van der Waals surface area contributed by atoms with Gasteiger partial charge in [0.2, 0.25) is 0 Å². The third-order valence-corrected chi connectivity index (χ3v) is 3.18. The van der Waals surface area contributed by atoms with Crippen molar-refractivity contribution in [1.82, 2.24) is 10.3 Å². The zero-order chi connectivity index (χ0) is 13.8. The molecule has 1 unspecified atom stereocenters. The lowest BCUT2D eigenvalue weighted by molar-refractivity contribution is -0.141. The van der Waals surface area contributed by atoms with E-state index in [1.165, 1.54) is 0 Å². The number of rotatable bonds is 5. The molecule has 0 fully saturated rings. The number of hydrogen-bond acceptors (Lipinski definition) is 4. The van der Waals surface area contributed by atoms with Crippen LogP contribution in [0, 0.1) is 12.8 Å². The fourth-order valence-electron chi connectivity index (χ4n) is 1.82. The summed E-state index contributed by atoms with van der Waals surface area (Å²) in [5.74, 6) is -1.43. The SMILES string of the molecule is Cc1nonc1CC(Cc1ccc(Cl)cc1)C(=O)O. The Bertz CT molecular complexity index is 566. The maximum absolute atomic E-state index is 11.3. The molecule has 1 aromatic carbocycles. The van der Waals surface area contributed by atoms with Gasteiger partial charge in [-0.15, -0.1) is 0 Å². The van der Waals surface area contributed by atoms with Gasteiger partial charge in [0.25, 0.3) is 0 Å². The first-order chi connectivity index (χ1) is 9.06. The van der Waals surface area contributed by atoms with Crippen molar-refractivity contribution in [3.8, 4) is 0 Å². The molecule has 0 bridgehead atoms. The summed E-state index contributed by atoms with van der Waals surface area (Å²) < 4.78 is 4.58. The van der Waals surface area contributed by atoms with Gasteiger partial charge in [-0.2, -0.15) is 0 Å². The maximum Gasteiger partial charge on any atom is 0.307 e. The van der Waals surface area contributed by atoms with E-state index >= 15 is 0 Å². The first-order valence-electron chi connectivity index (χ1n) is 5.81. The van der Waals surface area contributed by atoms with Crippen LogP contribution >= 0.6 is 11.6 Å². The summed E-state index contributed by atoms with van der Waals surface area (Å²) in [7, 11) is 0. The molecule has 100 valence electrons. The van der Waals surface area contributed by atoms with Crippen molar-refractivity contribution in [3.63, 3.8) is 0 Å². The Morgan fingerprint density at radius 2 is 2.00 bits per heavy atom. The molecular formula is C13H13ClN2O3. The number of halogens is 1. The quantitative estimate of drug-likeness (QED) is 0.911. The van der Waals surface area contributed by atoms with Gasteiger partial charge in [0.15, 0.2) is 0 Å². The summed E-state index contributed by atoms with van der Waals surface area (Å²) in [5, 5.41) is 17.3. The predicted molar refractivity (Wildman–Crippen MR) is 69.0 cm³/mol. The van der Waals surface area contributed by atoms with Crippen LogP contribution in [-0.2, 0) is 17.6 Å². The molecule has 0 aliphatic rings. The van der Waals surface area contributed by atoms with Gasteiger partial charge in [-0.25, -0.2) is 4.63 Å². The molecule has 0 aliphatic heterocycles. The molecule has 1 heterocycles. The van der Waals surface area contributed by atoms with Gasteiger partial charge in [0.05, 0.1) is 5.92 Å². The minimum atomic E-state index is -0.864. The van der Waals surface area contributed by atoms with Crippen LogP contribution in [0.5, 0.6) is 0 Å². The highest BCUT2D eigenvalue weighted by Crippen LogP contribution is 2.17. The Kier molecular flexibility index (Phi) is 4.16. The van der Waals surface area contributed by atoms with Gasteiger partial charge in [0.1, 0.15) is 11.4 Å². The van der Waals surface area contributed by atoms with Gasteiger partial charge in [0, 0.05) is 11.4 Å². The lowest BCUT2D eigenvalue weighted by Gasteiger charge is -2.10. The number of aryl methyl sites for hydroxylation is 1. The second-order valence-corrected chi connectivity index (χ2v) is 4.80. The predicted octanol–water partition coefficient (Wildman–Crippen LogP) is 2.52. The van der Waals surface area contributed by atoms with Crippen LogP contribution in [0.15, 0.2) is 28.9 Å². The summed E-state index contributed by atoms with van der Waals surface area (Å²) in [6, 6.07) is 7.15. The van der Waals surface area contributed by atoms with Gasteiger partial charge >= 0.3 is 5.97 Å². The zero-order valence-electron chi connectivity index (χ0n) is 10.3. The molecular weight excluding hydrogens is 268 g/mol. The lowest BCUT2D eigenvalue weighted by atomic mass is 9.94. The molecule has 5 nitrogen and oxygen atoms in total. The Morgan fingerprint density at radius 3 is 2.53 bits per heavy atom. The summed E-state index contributed by atoms with van der Waals surface area (Å²) in [5.41, 5.74) is 2.13. The van der Waals surface area contributed by atoms with Crippen molar-refractivity contribution in [1.29, 1.82) is 0 Å². The maximum atomic E-state index is 11.3. The summed E-state index contributed by atoms with van der Waals surface area (Å²) in [6.45, 7) is 1.74. The molecule has 1 aromatic heterocycles. The van der Waals surface area contributed by atoms with E-state index in [1.54, 1.807) is 19.1 Å². The topological polar surface area (TPSA) is 76.2 Å². The van der Waals surface area contributed by atoms with E-state index in [-0.39, 0.29) is 0 Å². The van der Waals surface area contributed by atoms with Crippen molar-refractivity contribution in [2.45, 2.75) is 19.8 Å². The monoisotopic (exact) mass is 280 g/mol. The van der Waals surface area contributed by atoms with Crippen molar-refractivity contribution in [2.24, 2.45) is 5.92 Å². The number of benzene rings is 1. The molecule has 1 atom stereocenters. The number of carbonyl (C=O) groups is 1. The van der Waals surface area contributed by atoms with E-state index in [4.69, 9.17) is 11.6 Å². The minimum Gasteiger partial charge on any atom is -0.481 e. The van der Waals surface area contributed by atoms with E-state index in [9.17, 15) is 9.90 Å². The molecule has 6 heteroatoms.